The lowest BCUT2D eigenvalue weighted by atomic mass is 10.0. The Morgan fingerprint density at radius 1 is 1.10 bits per heavy atom. The Bertz CT molecular complexity index is 838. The Balaban J connectivity index is 1.70. The highest BCUT2D eigenvalue weighted by Crippen LogP contribution is 2.34. The molecule has 1 heterocycles. The molecule has 1 fully saturated rings. The molecule has 1 N–H and O–H groups in total. The molecule has 2 aromatic rings. The molecular formula is C23H27ClN2O3. The van der Waals surface area contributed by atoms with E-state index in [2.05, 4.69) is 5.32 Å². The van der Waals surface area contributed by atoms with Crippen molar-refractivity contribution in [2.75, 3.05) is 18.5 Å². The highest BCUT2D eigenvalue weighted by atomic mass is 35.5. The molecule has 1 atom stereocenters. The average molecular weight is 415 g/mol. The smallest absolute Gasteiger partial charge is 0.322 e. The van der Waals surface area contributed by atoms with Crippen LogP contribution in [0.3, 0.4) is 0 Å². The summed E-state index contributed by atoms with van der Waals surface area (Å²) in [5.41, 5.74) is 2.55. The van der Waals surface area contributed by atoms with Crippen molar-refractivity contribution in [3.63, 3.8) is 0 Å². The molecule has 1 saturated heterocycles. The zero-order chi connectivity index (χ0) is 20.6. The van der Waals surface area contributed by atoms with Gasteiger partial charge in [-0.2, -0.15) is 0 Å². The Morgan fingerprint density at radius 3 is 2.59 bits per heavy atom. The first-order chi connectivity index (χ1) is 14.1. The van der Waals surface area contributed by atoms with Gasteiger partial charge in [0.1, 0.15) is 0 Å². The third-order valence-corrected chi connectivity index (χ3v) is 5.48. The highest BCUT2D eigenvalue weighted by Gasteiger charge is 2.28. The second kappa shape index (κ2) is 10.3. The van der Waals surface area contributed by atoms with Crippen LogP contribution in [0.4, 0.5) is 10.5 Å². The number of carbonyl (C=O) groups excluding carboxylic acids is 2. The number of likely N-dealkylation sites (tertiary alicyclic amines) is 1. The van der Waals surface area contributed by atoms with E-state index in [-0.39, 0.29) is 24.5 Å². The van der Waals surface area contributed by atoms with Gasteiger partial charge in [0.2, 0.25) is 0 Å². The van der Waals surface area contributed by atoms with Crippen LogP contribution in [0.2, 0.25) is 5.02 Å². The molecular weight excluding hydrogens is 388 g/mol. The predicted octanol–water partition coefficient (Wildman–Crippen LogP) is 5.59. The van der Waals surface area contributed by atoms with Crippen LogP contribution in [0.15, 0.2) is 48.5 Å². The Morgan fingerprint density at radius 2 is 1.86 bits per heavy atom. The number of benzene rings is 2. The Labute approximate surface area is 177 Å². The van der Waals surface area contributed by atoms with Gasteiger partial charge in [-0.25, -0.2) is 4.79 Å². The number of rotatable bonds is 5. The van der Waals surface area contributed by atoms with Crippen molar-refractivity contribution >= 4 is 29.3 Å². The van der Waals surface area contributed by atoms with Crippen molar-refractivity contribution in [2.45, 2.75) is 45.1 Å². The molecule has 0 saturated carbocycles. The van der Waals surface area contributed by atoms with Crippen LogP contribution in [0.1, 0.15) is 49.8 Å². The molecule has 1 aliphatic rings. The Hall–Kier alpha value is -2.53. The Kier molecular flexibility index (Phi) is 7.53. The number of halogens is 1. The van der Waals surface area contributed by atoms with E-state index in [1.807, 2.05) is 53.4 Å². The van der Waals surface area contributed by atoms with Crippen molar-refractivity contribution < 1.29 is 14.3 Å². The zero-order valence-corrected chi connectivity index (χ0v) is 17.5. The topological polar surface area (TPSA) is 58.6 Å². The molecule has 0 bridgehead atoms. The van der Waals surface area contributed by atoms with Gasteiger partial charge >= 0.3 is 12.0 Å². The number of urea groups is 1. The van der Waals surface area contributed by atoms with Crippen molar-refractivity contribution in [1.29, 1.82) is 0 Å². The number of ether oxygens (including phenoxy) is 1. The first kappa shape index (κ1) is 21.2. The zero-order valence-electron chi connectivity index (χ0n) is 16.7. The van der Waals surface area contributed by atoms with Crippen LogP contribution in [0, 0.1) is 0 Å². The van der Waals surface area contributed by atoms with Crippen LogP contribution in [-0.4, -0.2) is 30.1 Å². The molecule has 29 heavy (non-hydrogen) atoms. The number of anilines is 1. The summed E-state index contributed by atoms with van der Waals surface area (Å²) in [6.07, 6.45) is 4.28. The SMILES string of the molecule is CCOC(=O)Cc1ccc(NC(=O)N2CCCCC[C@H]2c2ccccc2Cl)cc1. The van der Waals surface area contributed by atoms with Crippen molar-refractivity contribution in [3.8, 4) is 0 Å². The van der Waals surface area contributed by atoms with E-state index in [1.54, 1.807) is 6.92 Å². The molecule has 0 unspecified atom stereocenters. The van der Waals surface area contributed by atoms with E-state index in [0.29, 0.717) is 23.9 Å². The summed E-state index contributed by atoms with van der Waals surface area (Å²) in [5, 5.41) is 3.69. The second-order valence-electron chi connectivity index (χ2n) is 7.19. The van der Waals surface area contributed by atoms with Crippen LogP contribution < -0.4 is 5.32 Å². The molecule has 0 aromatic heterocycles. The molecule has 6 heteroatoms. The molecule has 1 aliphatic heterocycles. The van der Waals surface area contributed by atoms with E-state index < -0.39 is 0 Å². The molecule has 2 amide bonds. The summed E-state index contributed by atoms with van der Waals surface area (Å²) >= 11 is 6.43. The maximum Gasteiger partial charge on any atom is 0.322 e. The highest BCUT2D eigenvalue weighted by molar-refractivity contribution is 6.31. The molecule has 5 nitrogen and oxygen atoms in total. The van der Waals surface area contributed by atoms with Gasteiger partial charge in [-0.1, -0.05) is 54.8 Å². The normalized spacial score (nSPS) is 16.8. The third-order valence-electron chi connectivity index (χ3n) is 5.14. The number of nitrogens with zero attached hydrogens (tertiary/aromatic N) is 1. The van der Waals surface area contributed by atoms with Gasteiger partial charge in [0, 0.05) is 17.3 Å². The van der Waals surface area contributed by atoms with E-state index in [9.17, 15) is 9.59 Å². The van der Waals surface area contributed by atoms with Crippen LogP contribution >= 0.6 is 11.6 Å². The van der Waals surface area contributed by atoms with Crippen molar-refractivity contribution in [2.24, 2.45) is 0 Å². The minimum Gasteiger partial charge on any atom is -0.466 e. The van der Waals surface area contributed by atoms with Gasteiger partial charge in [-0.15, -0.1) is 0 Å². The molecule has 154 valence electrons. The number of hydrogen-bond donors (Lipinski definition) is 1. The largest absolute Gasteiger partial charge is 0.466 e. The molecule has 2 aromatic carbocycles. The third kappa shape index (κ3) is 5.73. The van der Waals surface area contributed by atoms with Gasteiger partial charge in [0.25, 0.3) is 0 Å². The first-order valence-electron chi connectivity index (χ1n) is 10.1. The maximum atomic E-state index is 13.1. The minimum atomic E-state index is -0.253. The summed E-state index contributed by atoms with van der Waals surface area (Å²) in [5.74, 6) is -0.253. The quantitative estimate of drug-likeness (QED) is 0.648. The monoisotopic (exact) mass is 414 g/mol. The van der Waals surface area contributed by atoms with Crippen molar-refractivity contribution in [3.05, 3.63) is 64.7 Å². The minimum absolute atomic E-state index is 0.0331. The van der Waals surface area contributed by atoms with Crippen LogP contribution in [-0.2, 0) is 16.0 Å². The summed E-state index contributed by atoms with van der Waals surface area (Å²) in [4.78, 5) is 26.6. The number of hydrogen-bond acceptors (Lipinski definition) is 3. The number of nitrogens with one attached hydrogen (secondary N) is 1. The van der Waals surface area contributed by atoms with Gasteiger partial charge in [0.15, 0.2) is 0 Å². The number of carbonyl (C=O) groups is 2. The predicted molar refractivity (Wildman–Crippen MR) is 115 cm³/mol. The van der Waals surface area contributed by atoms with Gasteiger partial charge in [0.05, 0.1) is 19.1 Å². The van der Waals surface area contributed by atoms with Crippen LogP contribution in [0.5, 0.6) is 0 Å². The fraction of sp³-hybridized carbons (Fsp3) is 0.391. The van der Waals surface area contributed by atoms with Crippen LogP contribution in [0.25, 0.3) is 0 Å². The summed E-state index contributed by atoms with van der Waals surface area (Å²) < 4.78 is 4.97. The lowest BCUT2D eigenvalue weighted by Crippen LogP contribution is -2.38. The molecule has 0 spiro atoms. The van der Waals surface area contributed by atoms with Gasteiger partial charge in [-0.3, -0.25) is 4.79 Å². The fourth-order valence-electron chi connectivity index (χ4n) is 3.70. The summed E-state index contributed by atoms with van der Waals surface area (Å²) in [6.45, 7) is 2.85. The van der Waals surface area contributed by atoms with Gasteiger partial charge in [-0.05, 0) is 49.1 Å². The second-order valence-corrected chi connectivity index (χ2v) is 7.60. The van der Waals surface area contributed by atoms with E-state index in [0.717, 1.165) is 36.8 Å². The fourth-order valence-corrected chi connectivity index (χ4v) is 3.96. The van der Waals surface area contributed by atoms with E-state index in [1.165, 1.54) is 0 Å². The standard InChI is InChI=1S/C23H27ClN2O3/c1-2-29-22(27)16-17-11-13-18(14-12-17)25-23(28)26-15-7-3-4-10-21(26)19-8-5-6-9-20(19)24/h5-6,8-9,11-14,21H,2-4,7,10,15-16H2,1H3,(H,25,28)/t21-/m0/s1. The van der Waals surface area contributed by atoms with Gasteiger partial charge < -0.3 is 15.0 Å². The molecule has 0 radical (unpaired) electrons. The average Bonchev–Trinajstić information content (AvgIpc) is 2.96. The maximum absolute atomic E-state index is 13.1. The number of amides is 2. The molecule has 3 rings (SSSR count). The number of esters is 1. The van der Waals surface area contributed by atoms with Crippen molar-refractivity contribution in [1.82, 2.24) is 4.90 Å². The summed E-state index contributed by atoms with van der Waals surface area (Å²) in [6, 6.07) is 14.9. The lowest BCUT2D eigenvalue weighted by molar-refractivity contribution is -0.142. The van der Waals surface area contributed by atoms with E-state index >= 15 is 0 Å². The molecule has 0 aliphatic carbocycles. The first-order valence-corrected chi connectivity index (χ1v) is 10.5. The summed E-state index contributed by atoms with van der Waals surface area (Å²) in [7, 11) is 0. The van der Waals surface area contributed by atoms with E-state index in [4.69, 9.17) is 16.3 Å². The lowest BCUT2D eigenvalue weighted by Gasteiger charge is -2.31.